The third-order valence-corrected chi connectivity index (χ3v) is 6.94. The standard InChI is InChI=1S/C21H25F3N2O2S2/c22-21(23,24)16-28-13-4-8-25-9-11-26(12-10-25)20(27)18-6-1-2-7-19(18)30-15-17-5-3-14-29-17/h1-3,5-7,14H,4,8-13,15-16H2. The molecule has 30 heavy (non-hydrogen) atoms. The summed E-state index contributed by atoms with van der Waals surface area (Å²) in [7, 11) is 0. The number of hydrogen-bond donors (Lipinski definition) is 0. The predicted molar refractivity (Wildman–Crippen MR) is 114 cm³/mol. The minimum atomic E-state index is -4.27. The van der Waals surface area contributed by atoms with Crippen molar-refractivity contribution in [3.63, 3.8) is 0 Å². The molecule has 1 fully saturated rings. The Hall–Kier alpha value is -1.55. The van der Waals surface area contributed by atoms with E-state index >= 15 is 0 Å². The second-order valence-corrected chi connectivity index (χ2v) is 9.07. The van der Waals surface area contributed by atoms with Gasteiger partial charge in [0.1, 0.15) is 6.61 Å². The number of halogens is 3. The van der Waals surface area contributed by atoms with Gasteiger partial charge < -0.3 is 9.64 Å². The van der Waals surface area contributed by atoms with Crippen LogP contribution in [0.5, 0.6) is 0 Å². The first-order valence-electron chi connectivity index (χ1n) is 9.83. The molecule has 0 spiro atoms. The van der Waals surface area contributed by atoms with Crippen LogP contribution in [0.1, 0.15) is 21.7 Å². The maximum atomic E-state index is 13.1. The van der Waals surface area contributed by atoms with Crippen LogP contribution < -0.4 is 0 Å². The molecule has 3 rings (SSSR count). The molecule has 1 aromatic carbocycles. The minimum Gasteiger partial charge on any atom is -0.372 e. The Balaban J connectivity index is 1.44. The fraction of sp³-hybridized carbons (Fsp3) is 0.476. The number of carbonyl (C=O) groups excluding carboxylic acids is 1. The van der Waals surface area contributed by atoms with Crippen LogP contribution >= 0.6 is 23.1 Å². The number of rotatable bonds is 9. The zero-order chi connectivity index (χ0) is 21.4. The van der Waals surface area contributed by atoms with Gasteiger partial charge >= 0.3 is 6.18 Å². The topological polar surface area (TPSA) is 32.8 Å². The van der Waals surface area contributed by atoms with E-state index in [0.29, 0.717) is 26.1 Å². The highest BCUT2D eigenvalue weighted by Crippen LogP contribution is 2.29. The number of piperazine rings is 1. The molecule has 1 aliphatic heterocycles. The van der Waals surface area contributed by atoms with E-state index in [1.165, 1.54) is 4.88 Å². The van der Waals surface area contributed by atoms with E-state index in [-0.39, 0.29) is 12.5 Å². The molecule has 2 aromatic rings. The van der Waals surface area contributed by atoms with Crippen molar-refractivity contribution >= 4 is 29.0 Å². The number of thiophene rings is 1. The average Bonchev–Trinajstić information content (AvgIpc) is 3.25. The molecule has 0 saturated carbocycles. The zero-order valence-corrected chi connectivity index (χ0v) is 18.2. The lowest BCUT2D eigenvalue weighted by molar-refractivity contribution is -0.174. The maximum absolute atomic E-state index is 13.1. The van der Waals surface area contributed by atoms with Crippen molar-refractivity contribution in [2.45, 2.75) is 23.2 Å². The van der Waals surface area contributed by atoms with Gasteiger partial charge in [0.25, 0.3) is 5.91 Å². The third kappa shape index (κ3) is 7.30. The summed E-state index contributed by atoms with van der Waals surface area (Å²) in [5, 5.41) is 2.05. The number of alkyl halides is 3. The summed E-state index contributed by atoms with van der Waals surface area (Å²) in [6, 6.07) is 11.8. The van der Waals surface area contributed by atoms with E-state index < -0.39 is 12.8 Å². The van der Waals surface area contributed by atoms with Gasteiger partial charge in [0, 0.05) is 54.9 Å². The molecule has 164 valence electrons. The molecule has 1 aromatic heterocycles. The first-order valence-corrected chi connectivity index (χ1v) is 11.7. The molecular formula is C21H25F3N2O2S2. The van der Waals surface area contributed by atoms with E-state index in [9.17, 15) is 18.0 Å². The predicted octanol–water partition coefficient (Wildman–Crippen LogP) is 4.77. The summed E-state index contributed by atoms with van der Waals surface area (Å²) < 4.78 is 40.9. The van der Waals surface area contributed by atoms with Gasteiger partial charge in [-0.3, -0.25) is 9.69 Å². The Bertz CT molecular complexity index is 792. The van der Waals surface area contributed by atoms with Crippen molar-refractivity contribution in [3.05, 3.63) is 52.2 Å². The molecule has 4 nitrogen and oxygen atoms in total. The first-order chi connectivity index (χ1) is 14.4. The monoisotopic (exact) mass is 458 g/mol. The van der Waals surface area contributed by atoms with Gasteiger partial charge in [0.2, 0.25) is 0 Å². The number of carbonyl (C=O) groups is 1. The van der Waals surface area contributed by atoms with E-state index in [4.69, 9.17) is 0 Å². The number of hydrogen-bond acceptors (Lipinski definition) is 5. The highest BCUT2D eigenvalue weighted by atomic mass is 32.2. The van der Waals surface area contributed by atoms with E-state index in [1.807, 2.05) is 35.2 Å². The molecular weight excluding hydrogens is 433 g/mol. The molecule has 0 radical (unpaired) electrons. The summed E-state index contributed by atoms with van der Waals surface area (Å²) in [4.78, 5) is 19.3. The molecule has 2 heterocycles. The SMILES string of the molecule is O=C(c1ccccc1SCc1cccs1)N1CCN(CCCOCC(F)(F)F)CC1. The van der Waals surface area contributed by atoms with Crippen molar-refractivity contribution in [1.29, 1.82) is 0 Å². The minimum absolute atomic E-state index is 0.0393. The van der Waals surface area contributed by atoms with Crippen LogP contribution in [0.2, 0.25) is 0 Å². The molecule has 1 saturated heterocycles. The van der Waals surface area contributed by atoms with Crippen molar-refractivity contribution in [3.8, 4) is 0 Å². The Morgan fingerprint density at radius 1 is 1.10 bits per heavy atom. The van der Waals surface area contributed by atoms with Crippen LogP contribution in [0.25, 0.3) is 0 Å². The lowest BCUT2D eigenvalue weighted by Crippen LogP contribution is -2.49. The average molecular weight is 459 g/mol. The van der Waals surface area contributed by atoms with Gasteiger partial charge in [-0.25, -0.2) is 0 Å². The number of ether oxygens (including phenoxy) is 1. The van der Waals surface area contributed by atoms with Crippen LogP contribution in [-0.4, -0.2) is 67.8 Å². The fourth-order valence-electron chi connectivity index (χ4n) is 3.24. The van der Waals surface area contributed by atoms with Crippen LogP contribution in [0.15, 0.2) is 46.7 Å². The Morgan fingerprint density at radius 3 is 2.57 bits per heavy atom. The Morgan fingerprint density at radius 2 is 1.87 bits per heavy atom. The smallest absolute Gasteiger partial charge is 0.372 e. The van der Waals surface area contributed by atoms with Crippen LogP contribution in [0.4, 0.5) is 13.2 Å². The molecule has 1 amide bonds. The fourth-order valence-corrected chi connectivity index (χ4v) is 5.05. The summed E-state index contributed by atoms with van der Waals surface area (Å²) in [5.41, 5.74) is 0.730. The van der Waals surface area contributed by atoms with Crippen molar-refractivity contribution < 1.29 is 22.7 Å². The summed E-state index contributed by atoms with van der Waals surface area (Å²) >= 11 is 3.38. The number of thioether (sulfide) groups is 1. The number of benzene rings is 1. The van der Waals surface area contributed by atoms with Gasteiger partial charge in [-0.05, 0) is 30.0 Å². The lowest BCUT2D eigenvalue weighted by atomic mass is 10.1. The van der Waals surface area contributed by atoms with E-state index in [2.05, 4.69) is 21.1 Å². The first kappa shape index (κ1) is 23.1. The molecule has 1 aliphatic rings. The third-order valence-electron chi connectivity index (χ3n) is 4.76. The molecule has 0 unspecified atom stereocenters. The Kier molecular flexibility index (Phi) is 8.61. The van der Waals surface area contributed by atoms with E-state index in [1.54, 1.807) is 23.1 Å². The van der Waals surface area contributed by atoms with Gasteiger partial charge in [0.05, 0.1) is 5.56 Å². The van der Waals surface area contributed by atoms with Crippen LogP contribution in [0, 0.1) is 0 Å². The second kappa shape index (κ2) is 11.2. The maximum Gasteiger partial charge on any atom is 0.411 e. The second-order valence-electron chi connectivity index (χ2n) is 7.02. The highest BCUT2D eigenvalue weighted by molar-refractivity contribution is 7.98. The molecule has 0 bridgehead atoms. The van der Waals surface area contributed by atoms with Gasteiger partial charge in [0.15, 0.2) is 0 Å². The highest BCUT2D eigenvalue weighted by Gasteiger charge is 2.27. The molecule has 9 heteroatoms. The normalized spacial score (nSPS) is 15.5. The quantitative estimate of drug-likeness (QED) is 0.400. The van der Waals surface area contributed by atoms with Gasteiger partial charge in [-0.2, -0.15) is 13.2 Å². The molecule has 0 N–H and O–H groups in total. The van der Waals surface area contributed by atoms with Crippen LogP contribution in [-0.2, 0) is 10.5 Å². The largest absolute Gasteiger partial charge is 0.411 e. The van der Waals surface area contributed by atoms with Crippen molar-refractivity contribution in [1.82, 2.24) is 9.80 Å². The lowest BCUT2D eigenvalue weighted by Gasteiger charge is -2.35. The molecule has 0 aliphatic carbocycles. The van der Waals surface area contributed by atoms with Crippen LogP contribution in [0.3, 0.4) is 0 Å². The van der Waals surface area contributed by atoms with Gasteiger partial charge in [-0.15, -0.1) is 23.1 Å². The Labute approximate surface area is 183 Å². The summed E-state index contributed by atoms with van der Waals surface area (Å²) in [6.07, 6.45) is -3.73. The van der Waals surface area contributed by atoms with Gasteiger partial charge in [-0.1, -0.05) is 18.2 Å². The van der Waals surface area contributed by atoms with Crippen molar-refractivity contribution in [2.24, 2.45) is 0 Å². The summed E-state index contributed by atoms with van der Waals surface area (Å²) in [5.74, 6) is 0.879. The van der Waals surface area contributed by atoms with Crippen molar-refractivity contribution in [2.75, 3.05) is 45.9 Å². The summed E-state index contributed by atoms with van der Waals surface area (Å²) in [6.45, 7) is 2.24. The number of nitrogens with zero attached hydrogens (tertiary/aromatic N) is 2. The van der Waals surface area contributed by atoms with E-state index in [0.717, 1.165) is 29.3 Å². The number of amides is 1. The molecule has 0 atom stereocenters. The zero-order valence-electron chi connectivity index (χ0n) is 16.6.